The summed E-state index contributed by atoms with van der Waals surface area (Å²) in [5.41, 5.74) is 0.988. The van der Waals surface area contributed by atoms with Gasteiger partial charge in [-0.05, 0) is 31.9 Å². The van der Waals surface area contributed by atoms with Crippen LogP contribution in [0.25, 0.3) is 0 Å². The number of benzene rings is 1. The van der Waals surface area contributed by atoms with Crippen LogP contribution in [0.4, 0.5) is 0 Å². The lowest BCUT2D eigenvalue weighted by Gasteiger charge is -2.16. The molecule has 0 N–H and O–H groups in total. The first-order chi connectivity index (χ1) is 11.6. The first-order valence-electron chi connectivity index (χ1n) is 8.00. The van der Waals surface area contributed by atoms with Crippen molar-refractivity contribution in [3.63, 3.8) is 0 Å². The van der Waals surface area contributed by atoms with E-state index in [1.54, 1.807) is 12.0 Å². The van der Waals surface area contributed by atoms with Gasteiger partial charge in [0.2, 0.25) is 5.91 Å². The molecule has 0 bridgehead atoms. The number of hydrogen-bond donors (Lipinski definition) is 0. The summed E-state index contributed by atoms with van der Waals surface area (Å²) in [7, 11) is 1.61. The molecule has 1 heterocycles. The molecule has 0 spiro atoms. The molecule has 0 unspecified atom stereocenters. The van der Waals surface area contributed by atoms with E-state index < -0.39 is 0 Å². The number of carbonyl (C=O) groups is 1. The number of rotatable bonds is 9. The van der Waals surface area contributed by atoms with Gasteiger partial charge in [0.05, 0.1) is 31.6 Å². The molecule has 0 aliphatic carbocycles. The zero-order valence-corrected chi connectivity index (χ0v) is 15.9. The van der Waals surface area contributed by atoms with E-state index in [2.05, 4.69) is 0 Å². The third-order valence-electron chi connectivity index (χ3n) is 3.58. The third-order valence-corrected chi connectivity index (χ3v) is 5.16. The number of thioether (sulfide) groups is 1. The molecule has 1 aromatic carbocycles. The highest BCUT2D eigenvalue weighted by molar-refractivity contribution is 8.24. The maximum atomic E-state index is 12.6. The van der Waals surface area contributed by atoms with Crippen molar-refractivity contribution in [3.8, 4) is 11.5 Å². The minimum Gasteiger partial charge on any atom is -0.494 e. The largest absolute Gasteiger partial charge is 0.494 e. The second-order valence-electron chi connectivity index (χ2n) is 5.19. The summed E-state index contributed by atoms with van der Waals surface area (Å²) in [6.07, 6.45) is 0.578. The minimum atomic E-state index is -0.216. The maximum Gasteiger partial charge on any atom is 0.242 e. The van der Waals surface area contributed by atoms with Gasteiger partial charge in [-0.3, -0.25) is 9.69 Å². The lowest BCUT2D eigenvalue weighted by atomic mass is 10.1. The van der Waals surface area contributed by atoms with E-state index >= 15 is 0 Å². The van der Waals surface area contributed by atoms with Gasteiger partial charge in [-0.25, -0.2) is 0 Å². The van der Waals surface area contributed by atoms with Crippen molar-refractivity contribution in [2.75, 3.05) is 33.5 Å². The third kappa shape index (κ3) is 4.62. The van der Waals surface area contributed by atoms with Crippen molar-refractivity contribution in [3.05, 3.63) is 23.8 Å². The molecule has 1 fully saturated rings. The van der Waals surface area contributed by atoms with Crippen LogP contribution in [0.5, 0.6) is 11.5 Å². The molecule has 1 atom stereocenters. The fourth-order valence-electron chi connectivity index (χ4n) is 2.46. The van der Waals surface area contributed by atoms with Crippen molar-refractivity contribution in [1.29, 1.82) is 0 Å². The maximum absolute atomic E-state index is 12.6. The minimum absolute atomic E-state index is 0.0402. The van der Waals surface area contributed by atoms with E-state index in [1.807, 2.05) is 32.0 Å². The van der Waals surface area contributed by atoms with Gasteiger partial charge in [0.1, 0.15) is 15.8 Å². The van der Waals surface area contributed by atoms with E-state index in [-0.39, 0.29) is 11.2 Å². The summed E-state index contributed by atoms with van der Waals surface area (Å²) in [6, 6.07) is 5.75. The van der Waals surface area contributed by atoms with Gasteiger partial charge in [0.15, 0.2) is 0 Å². The zero-order valence-electron chi connectivity index (χ0n) is 14.2. The molecule has 132 valence electrons. The topological polar surface area (TPSA) is 48.0 Å². The monoisotopic (exact) mass is 369 g/mol. The summed E-state index contributed by atoms with van der Waals surface area (Å²) in [6.45, 7) is 6.02. The number of nitrogens with zero attached hydrogens (tertiary/aromatic N) is 1. The van der Waals surface area contributed by atoms with Crippen LogP contribution < -0.4 is 9.47 Å². The second-order valence-corrected chi connectivity index (χ2v) is 7.03. The van der Waals surface area contributed by atoms with E-state index in [0.29, 0.717) is 37.1 Å². The van der Waals surface area contributed by atoms with Crippen molar-refractivity contribution in [2.45, 2.75) is 25.5 Å². The fourth-order valence-corrected chi connectivity index (χ4v) is 4.03. The van der Waals surface area contributed by atoms with Crippen LogP contribution in [0.3, 0.4) is 0 Å². The summed E-state index contributed by atoms with van der Waals surface area (Å²) >= 11 is 6.76. The molecular formula is C17H23NO4S2. The van der Waals surface area contributed by atoms with Crippen LogP contribution in [0.15, 0.2) is 18.2 Å². The summed E-state index contributed by atoms with van der Waals surface area (Å²) in [5.74, 6) is 1.57. The number of thiocarbonyl (C=S) groups is 1. The Balaban J connectivity index is 2.12. The van der Waals surface area contributed by atoms with E-state index in [1.165, 1.54) is 11.8 Å². The standard InChI is InChI=1S/C17H23NO4S2/c1-4-21-13-7-6-12(14(11-13)22-5-2)10-15-16(19)18(8-9-20-3)17(23)24-15/h6-7,11,15H,4-5,8-10H2,1-3H3/t15-/m1/s1. The average Bonchev–Trinajstić information content (AvgIpc) is 2.82. The summed E-state index contributed by atoms with van der Waals surface area (Å²) in [4.78, 5) is 14.2. The molecule has 0 radical (unpaired) electrons. The quantitative estimate of drug-likeness (QED) is 0.624. The zero-order chi connectivity index (χ0) is 17.5. The predicted octanol–water partition coefficient (Wildman–Crippen LogP) is 2.90. The van der Waals surface area contributed by atoms with Gasteiger partial charge in [0.25, 0.3) is 0 Å². The van der Waals surface area contributed by atoms with Gasteiger partial charge >= 0.3 is 0 Å². The number of amides is 1. The van der Waals surface area contributed by atoms with Crippen LogP contribution in [0, 0.1) is 0 Å². The van der Waals surface area contributed by atoms with E-state index in [9.17, 15) is 4.79 Å². The Morgan fingerprint density at radius 2 is 2.00 bits per heavy atom. The fraction of sp³-hybridized carbons (Fsp3) is 0.529. The highest BCUT2D eigenvalue weighted by atomic mass is 32.2. The smallest absolute Gasteiger partial charge is 0.242 e. The first kappa shape index (κ1) is 19.0. The number of methoxy groups -OCH3 is 1. The van der Waals surface area contributed by atoms with Crippen LogP contribution >= 0.6 is 24.0 Å². The number of ether oxygens (including phenoxy) is 3. The van der Waals surface area contributed by atoms with Gasteiger partial charge in [-0.1, -0.05) is 30.0 Å². The van der Waals surface area contributed by atoms with Crippen LogP contribution in [0.2, 0.25) is 0 Å². The van der Waals surface area contributed by atoms with Crippen molar-refractivity contribution in [2.24, 2.45) is 0 Å². The molecule has 1 saturated heterocycles. The molecule has 0 saturated carbocycles. The lowest BCUT2D eigenvalue weighted by Crippen LogP contribution is -2.34. The van der Waals surface area contributed by atoms with E-state index in [4.69, 9.17) is 26.4 Å². The molecule has 7 heteroatoms. The predicted molar refractivity (Wildman–Crippen MR) is 100 cm³/mol. The van der Waals surface area contributed by atoms with Crippen molar-refractivity contribution >= 4 is 34.2 Å². The Labute approximate surface area is 152 Å². The second kappa shape index (κ2) is 9.25. The van der Waals surface area contributed by atoms with Crippen LogP contribution in [-0.2, 0) is 16.0 Å². The Kier molecular flexibility index (Phi) is 7.33. The molecule has 5 nitrogen and oxygen atoms in total. The summed E-state index contributed by atoms with van der Waals surface area (Å²) in [5, 5.41) is -0.216. The molecule has 1 amide bonds. The van der Waals surface area contributed by atoms with Crippen LogP contribution in [-0.4, -0.2) is 53.9 Å². The highest BCUT2D eigenvalue weighted by Crippen LogP contribution is 2.33. The molecule has 24 heavy (non-hydrogen) atoms. The average molecular weight is 370 g/mol. The number of carbonyl (C=O) groups excluding carboxylic acids is 1. The molecule has 1 aliphatic rings. The van der Waals surface area contributed by atoms with Gasteiger partial charge in [-0.15, -0.1) is 0 Å². The Bertz CT molecular complexity index is 594. The van der Waals surface area contributed by atoms with Gasteiger partial charge in [0, 0.05) is 13.2 Å². The Hall–Kier alpha value is -1.31. The first-order valence-corrected chi connectivity index (χ1v) is 9.28. The van der Waals surface area contributed by atoms with Gasteiger partial charge < -0.3 is 14.2 Å². The molecule has 1 aromatic rings. The van der Waals surface area contributed by atoms with E-state index in [0.717, 1.165) is 17.1 Å². The van der Waals surface area contributed by atoms with Gasteiger partial charge in [-0.2, -0.15) is 0 Å². The SMILES string of the molecule is CCOc1ccc(C[C@H]2SC(=S)N(CCOC)C2=O)c(OCC)c1. The lowest BCUT2D eigenvalue weighted by molar-refractivity contribution is -0.126. The molecule has 0 aromatic heterocycles. The highest BCUT2D eigenvalue weighted by Gasteiger charge is 2.37. The molecule has 1 aliphatic heterocycles. The van der Waals surface area contributed by atoms with Crippen LogP contribution in [0.1, 0.15) is 19.4 Å². The Morgan fingerprint density at radius 1 is 1.25 bits per heavy atom. The number of hydrogen-bond acceptors (Lipinski definition) is 6. The molecular weight excluding hydrogens is 346 g/mol. The Morgan fingerprint density at radius 3 is 2.67 bits per heavy atom. The van der Waals surface area contributed by atoms with Crippen molar-refractivity contribution < 1.29 is 19.0 Å². The normalized spacial score (nSPS) is 17.5. The van der Waals surface area contributed by atoms with Crippen molar-refractivity contribution in [1.82, 2.24) is 4.90 Å². The summed E-state index contributed by atoms with van der Waals surface area (Å²) < 4.78 is 16.9. The molecule has 2 rings (SSSR count).